The number of rotatable bonds is 5. The lowest BCUT2D eigenvalue weighted by Crippen LogP contribution is -2.30. The van der Waals surface area contributed by atoms with E-state index in [0.29, 0.717) is 26.4 Å². The van der Waals surface area contributed by atoms with Crippen LogP contribution in [0.15, 0.2) is 18.2 Å². The van der Waals surface area contributed by atoms with E-state index in [4.69, 9.17) is 33.7 Å². The molecule has 1 aromatic heterocycles. The standard InChI is InChI=1S/C16H16Cl2N2O3S/c1-7-9(3)24-16(13(7)14(19)21)20-15(22)8(2)23-12-5-4-10(17)6-11(12)18/h4-6,8H,1-3H3,(H2,19,21)(H,20,22). The molecule has 0 saturated carbocycles. The van der Waals surface area contributed by atoms with E-state index in [0.717, 1.165) is 10.4 Å². The zero-order valence-corrected chi connectivity index (χ0v) is 15.6. The molecule has 8 heteroatoms. The number of amides is 2. The van der Waals surface area contributed by atoms with Gasteiger partial charge in [0.2, 0.25) is 0 Å². The minimum Gasteiger partial charge on any atom is -0.479 e. The van der Waals surface area contributed by atoms with Gasteiger partial charge in [0.25, 0.3) is 11.8 Å². The molecule has 0 radical (unpaired) electrons. The topological polar surface area (TPSA) is 81.4 Å². The third kappa shape index (κ3) is 4.01. The van der Waals surface area contributed by atoms with Crippen molar-refractivity contribution >= 4 is 51.4 Å². The summed E-state index contributed by atoms with van der Waals surface area (Å²) >= 11 is 13.1. The summed E-state index contributed by atoms with van der Waals surface area (Å²) in [5.74, 6) is -0.649. The summed E-state index contributed by atoms with van der Waals surface area (Å²) in [6.07, 6.45) is -0.827. The fourth-order valence-corrected chi connectivity index (χ4v) is 3.56. The number of hydrogen-bond donors (Lipinski definition) is 2. The van der Waals surface area contributed by atoms with E-state index in [-0.39, 0.29) is 0 Å². The highest BCUT2D eigenvalue weighted by Gasteiger charge is 2.22. The Morgan fingerprint density at radius 1 is 1.29 bits per heavy atom. The van der Waals surface area contributed by atoms with Gasteiger partial charge in [-0.15, -0.1) is 11.3 Å². The minimum atomic E-state index is -0.827. The van der Waals surface area contributed by atoms with Gasteiger partial charge >= 0.3 is 0 Å². The van der Waals surface area contributed by atoms with Crippen LogP contribution >= 0.6 is 34.5 Å². The lowest BCUT2D eigenvalue weighted by molar-refractivity contribution is -0.122. The molecule has 2 aromatic rings. The fraction of sp³-hybridized carbons (Fsp3) is 0.250. The second-order valence-electron chi connectivity index (χ2n) is 5.18. The van der Waals surface area contributed by atoms with Gasteiger partial charge in [-0.3, -0.25) is 9.59 Å². The van der Waals surface area contributed by atoms with Crippen LogP contribution in [-0.4, -0.2) is 17.9 Å². The van der Waals surface area contributed by atoms with Crippen molar-refractivity contribution in [1.29, 1.82) is 0 Å². The molecule has 0 fully saturated rings. The average Bonchev–Trinajstić information content (AvgIpc) is 2.76. The first-order chi connectivity index (χ1) is 11.2. The molecular formula is C16H16Cl2N2O3S. The summed E-state index contributed by atoms with van der Waals surface area (Å²) in [4.78, 5) is 24.8. The molecule has 0 spiro atoms. The Bertz CT molecular complexity index is 805. The van der Waals surface area contributed by atoms with E-state index < -0.39 is 17.9 Å². The number of ether oxygens (including phenoxy) is 1. The Balaban J connectivity index is 2.15. The van der Waals surface area contributed by atoms with Gasteiger partial charge in [0.1, 0.15) is 10.8 Å². The molecule has 3 N–H and O–H groups in total. The summed E-state index contributed by atoms with van der Waals surface area (Å²) in [6.45, 7) is 5.22. The quantitative estimate of drug-likeness (QED) is 0.808. The zero-order chi connectivity index (χ0) is 18.0. The molecule has 0 aliphatic rings. The number of anilines is 1. The van der Waals surface area contributed by atoms with Crippen LogP contribution in [0.1, 0.15) is 27.7 Å². The number of aryl methyl sites for hydroxylation is 1. The highest BCUT2D eigenvalue weighted by molar-refractivity contribution is 7.16. The molecule has 2 amide bonds. The first-order valence-corrected chi connectivity index (χ1v) is 8.60. The van der Waals surface area contributed by atoms with E-state index in [1.54, 1.807) is 26.0 Å². The predicted octanol–water partition coefficient (Wildman–Crippen LogP) is 4.18. The number of thiophene rings is 1. The molecular weight excluding hydrogens is 371 g/mol. The molecule has 128 valence electrons. The van der Waals surface area contributed by atoms with Crippen molar-refractivity contribution < 1.29 is 14.3 Å². The van der Waals surface area contributed by atoms with E-state index in [1.165, 1.54) is 17.4 Å². The van der Waals surface area contributed by atoms with Gasteiger partial charge in [-0.1, -0.05) is 23.2 Å². The third-order valence-electron chi connectivity index (χ3n) is 3.44. The number of nitrogens with two attached hydrogens (primary N) is 1. The second kappa shape index (κ2) is 7.42. The van der Waals surface area contributed by atoms with Gasteiger partial charge in [-0.05, 0) is 44.5 Å². The van der Waals surface area contributed by atoms with Gasteiger partial charge in [0.15, 0.2) is 6.10 Å². The number of nitrogens with one attached hydrogen (secondary N) is 1. The van der Waals surface area contributed by atoms with Crippen LogP contribution in [0.3, 0.4) is 0 Å². The van der Waals surface area contributed by atoms with Gasteiger partial charge in [0, 0.05) is 9.90 Å². The van der Waals surface area contributed by atoms with Crippen LogP contribution < -0.4 is 15.8 Å². The van der Waals surface area contributed by atoms with Crippen molar-refractivity contribution in [3.05, 3.63) is 44.2 Å². The number of carbonyl (C=O) groups excluding carboxylic acids is 2. The summed E-state index contributed by atoms with van der Waals surface area (Å²) < 4.78 is 5.56. The van der Waals surface area contributed by atoms with Crippen LogP contribution in [-0.2, 0) is 4.79 Å². The lowest BCUT2D eigenvalue weighted by atomic mass is 10.1. The van der Waals surface area contributed by atoms with Gasteiger partial charge in [0.05, 0.1) is 10.6 Å². The van der Waals surface area contributed by atoms with Crippen LogP contribution in [0.2, 0.25) is 10.0 Å². The molecule has 0 bridgehead atoms. The second-order valence-corrected chi connectivity index (χ2v) is 7.24. The Morgan fingerprint density at radius 3 is 2.54 bits per heavy atom. The first kappa shape index (κ1) is 18.6. The Morgan fingerprint density at radius 2 is 1.96 bits per heavy atom. The highest BCUT2D eigenvalue weighted by atomic mass is 35.5. The fourth-order valence-electron chi connectivity index (χ4n) is 2.04. The number of benzene rings is 1. The van der Waals surface area contributed by atoms with Crippen molar-refractivity contribution in [2.75, 3.05) is 5.32 Å². The molecule has 24 heavy (non-hydrogen) atoms. The van der Waals surface area contributed by atoms with E-state index in [1.807, 2.05) is 6.92 Å². The Labute approximate surface area is 153 Å². The largest absolute Gasteiger partial charge is 0.479 e. The summed E-state index contributed by atoms with van der Waals surface area (Å²) in [6, 6.07) is 4.73. The first-order valence-electron chi connectivity index (χ1n) is 7.03. The molecule has 1 unspecified atom stereocenters. The summed E-state index contributed by atoms with van der Waals surface area (Å²) in [5.41, 5.74) is 6.48. The summed E-state index contributed by atoms with van der Waals surface area (Å²) in [7, 11) is 0. The van der Waals surface area contributed by atoms with Gasteiger partial charge in [-0.2, -0.15) is 0 Å². The molecule has 0 aliphatic heterocycles. The molecule has 5 nitrogen and oxygen atoms in total. The normalized spacial score (nSPS) is 11.9. The molecule has 0 saturated heterocycles. The molecule has 0 aliphatic carbocycles. The monoisotopic (exact) mass is 386 g/mol. The van der Waals surface area contributed by atoms with Gasteiger partial charge in [-0.25, -0.2) is 0 Å². The highest BCUT2D eigenvalue weighted by Crippen LogP contribution is 2.32. The smallest absolute Gasteiger partial charge is 0.265 e. The number of hydrogen-bond acceptors (Lipinski definition) is 4. The van der Waals surface area contributed by atoms with Crippen molar-refractivity contribution in [3.8, 4) is 5.75 Å². The van der Waals surface area contributed by atoms with E-state index in [2.05, 4.69) is 5.32 Å². The lowest BCUT2D eigenvalue weighted by Gasteiger charge is -2.15. The summed E-state index contributed by atoms with van der Waals surface area (Å²) in [5, 5.41) is 3.89. The third-order valence-corrected chi connectivity index (χ3v) is 5.09. The van der Waals surface area contributed by atoms with E-state index >= 15 is 0 Å². The van der Waals surface area contributed by atoms with Crippen LogP contribution in [0.5, 0.6) is 5.75 Å². The predicted molar refractivity (Wildman–Crippen MR) is 97.5 cm³/mol. The number of carbonyl (C=O) groups is 2. The SMILES string of the molecule is Cc1sc(NC(=O)C(C)Oc2ccc(Cl)cc2Cl)c(C(N)=O)c1C. The molecule has 2 rings (SSSR count). The Kier molecular flexibility index (Phi) is 5.74. The van der Waals surface area contributed by atoms with Crippen LogP contribution in [0.4, 0.5) is 5.00 Å². The minimum absolute atomic E-state index is 0.308. The number of primary amides is 1. The molecule has 1 atom stereocenters. The molecule has 1 aromatic carbocycles. The maximum Gasteiger partial charge on any atom is 0.265 e. The van der Waals surface area contributed by atoms with Crippen molar-refractivity contribution in [2.45, 2.75) is 26.9 Å². The van der Waals surface area contributed by atoms with E-state index in [9.17, 15) is 9.59 Å². The van der Waals surface area contributed by atoms with Crippen molar-refractivity contribution in [3.63, 3.8) is 0 Å². The maximum absolute atomic E-state index is 12.3. The van der Waals surface area contributed by atoms with Gasteiger partial charge < -0.3 is 15.8 Å². The van der Waals surface area contributed by atoms with Crippen molar-refractivity contribution in [2.24, 2.45) is 5.73 Å². The zero-order valence-electron chi connectivity index (χ0n) is 13.3. The van der Waals surface area contributed by atoms with Crippen LogP contribution in [0, 0.1) is 13.8 Å². The maximum atomic E-state index is 12.3. The van der Waals surface area contributed by atoms with Crippen LogP contribution in [0.25, 0.3) is 0 Å². The van der Waals surface area contributed by atoms with Crippen molar-refractivity contribution in [1.82, 2.24) is 0 Å². The molecule has 1 heterocycles. The number of halogens is 2. The Hall–Kier alpha value is -1.76. The average molecular weight is 387 g/mol.